The molecule has 1 aromatic rings. The van der Waals surface area contributed by atoms with Gasteiger partial charge in [0.2, 0.25) is 5.91 Å². The third kappa shape index (κ3) is 4.49. The van der Waals surface area contributed by atoms with Gasteiger partial charge >= 0.3 is 0 Å². The number of carbonyl (C=O) groups excluding carboxylic acids is 1. The lowest BCUT2D eigenvalue weighted by Gasteiger charge is -2.17. The first-order valence-corrected chi connectivity index (χ1v) is 6.48. The molecule has 0 heterocycles. The van der Waals surface area contributed by atoms with E-state index in [0.717, 1.165) is 6.42 Å². The highest BCUT2D eigenvalue weighted by Gasteiger charge is 2.20. The Balaban J connectivity index is 2.40. The number of aliphatic hydroxyl groups excluding tert-OH is 1. The van der Waals surface area contributed by atoms with Crippen LogP contribution in [0.15, 0.2) is 24.3 Å². The highest BCUT2D eigenvalue weighted by molar-refractivity contribution is 5.78. The van der Waals surface area contributed by atoms with E-state index in [2.05, 4.69) is 30.4 Å². The monoisotopic (exact) mass is 249 g/mol. The van der Waals surface area contributed by atoms with Crippen LogP contribution in [0.4, 0.5) is 0 Å². The molecule has 2 N–H and O–H groups in total. The van der Waals surface area contributed by atoms with E-state index in [1.165, 1.54) is 11.1 Å². The Morgan fingerprint density at radius 3 is 2.67 bits per heavy atom. The quantitative estimate of drug-likeness (QED) is 0.809. The maximum Gasteiger partial charge on any atom is 0.225 e. The highest BCUT2D eigenvalue weighted by Crippen LogP contribution is 2.10. The van der Waals surface area contributed by atoms with Crippen LogP contribution < -0.4 is 5.32 Å². The number of aliphatic hydroxyl groups is 1. The second-order valence-electron chi connectivity index (χ2n) is 5.06. The molecule has 18 heavy (non-hydrogen) atoms. The molecule has 0 spiro atoms. The van der Waals surface area contributed by atoms with Gasteiger partial charge in [-0.3, -0.25) is 4.79 Å². The first kappa shape index (κ1) is 14.7. The van der Waals surface area contributed by atoms with Crippen molar-refractivity contribution in [2.75, 3.05) is 13.2 Å². The minimum absolute atomic E-state index is 0.0554. The summed E-state index contributed by atoms with van der Waals surface area (Å²) in [6.07, 6.45) is 0.823. The van der Waals surface area contributed by atoms with E-state index in [0.29, 0.717) is 6.54 Å². The van der Waals surface area contributed by atoms with Gasteiger partial charge in [-0.25, -0.2) is 0 Å². The second-order valence-corrected chi connectivity index (χ2v) is 5.06. The lowest BCUT2D eigenvalue weighted by Crippen LogP contribution is -2.36. The van der Waals surface area contributed by atoms with Crippen molar-refractivity contribution in [3.05, 3.63) is 35.4 Å². The Labute approximate surface area is 109 Å². The summed E-state index contributed by atoms with van der Waals surface area (Å²) < 4.78 is 0. The van der Waals surface area contributed by atoms with Crippen molar-refractivity contribution in [2.45, 2.75) is 27.2 Å². The van der Waals surface area contributed by atoms with Crippen molar-refractivity contribution in [3.63, 3.8) is 0 Å². The number of hydrogen-bond acceptors (Lipinski definition) is 2. The van der Waals surface area contributed by atoms with Gasteiger partial charge in [0, 0.05) is 6.54 Å². The van der Waals surface area contributed by atoms with Crippen molar-refractivity contribution >= 4 is 5.91 Å². The summed E-state index contributed by atoms with van der Waals surface area (Å²) in [4.78, 5) is 11.8. The molecule has 0 aliphatic heterocycles. The van der Waals surface area contributed by atoms with Gasteiger partial charge in [0.25, 0.3) is 0 Å². The molecule has 0 aliphatic rings. The molecular weight excluding hydrogens is 226 g/mol. The zero-order chi connectivity index (χ0) is 13.5. The average molecular weight is 249 g/mol. The molecule has 0 saturated carbocycles. The van der Waals surface area contributed by atoms with E-state index in [4.69, 9.17) is 5.11 Å². The SMILES string of the molecule is Cc1cccc(CCNC(=O)C(CO)C(C)C)c1. The maximum atomic E-state index is 11.8. The molecule has 1 aromatic carbocycles. The molecule has 0 bridgehead atoms. The summed E-state index contributed by atoms with van der Waals surface area (Å²) in [6, 6.07) is 8.27. The van der Waals surface area contributed by atoms with Gasteiger partial charge in [0.05, 0.1) is 12.5 Å². The largest absolute Gasteiger partial charge is 0.396 e. The molecule has 1 amide bonds. The fourth-order valence-electron chi connectivity index (χ4n) is 1.93. The van der Waals surface area contributed by atoms with E-state index in [-0.39, 0.29) is 24.3 Å². The van der Waals surface area contributed by atoms with Gasteiger partial charge in [-0.15, -0.1) is 0 Å². The Kier molecular flexibility index (Phi) is 5.86. The molecular formula is C15H23NO2. The van der Waals surface area contributed by atoms with Gasteiger partial charge in [-0.1, -0.05) is 43.7 Å². The van der Waals surface area contributed by atoms with Crippen LogP contribution in [0.5, 0.6) is 0 Å². The minimum Gasteiger partial charge on any atom is -0.396 e. The molecule has 0 fully saturated rings. The van der Waals surface area contributed by atoms with Crippen LogP contribution in [0.3, 0.4) is 0 Å². The summed E-state index contributed by atoms with van der Waals surface area (Å²) in [5.74, 6) is -0.198. The number of amides is 1. The topological polar surface area (TPSA) is 49.3 Å². The number of hydrogen-bond donors (Lipinski definition) is 2. The molecule has 1 atom stereocenters. The average Bonchev–Trinajstić information content (AvgIpc) is 2.29. The van der Waals surface area contributed by atoms with Gasteiger partial charge in [0.1, 0.15) is 0 Å². The normalized spacial score (nSPS) is 12.5. The van der Waals surface area contributed by atoms with E-state index in [1.54, 1.807) is 0 Å². The summed E-state index contributed by atoms with van der Waals surface area (Å²) in [6.45, 7) is 6.48. The standard InChI is InChI=1S/C15H23NO2/c1-11(2)14(10-17)15(18)16-8-7-13-6-4-5-12(3)9-13/h4-6,9,11,14,17H,7-8,10H2,1-3H3,(H,16,18). The van der Waals surface area contributed by atoms with Crippen LogP contribution in [-0.2, 0) is 11.2 Å². The Morgan fingerprint density at radius 2 is 2.11 bits per heavy atom. The van der Waals surface area contributed by atoms with Crippen LogP contribution in [0.25, 0.3) is 0 Å². The smallest absolute Gasteiger partial charge is 0.225 e. The Morgan fingerprint density at radius 1 is 1.39 bits per heavy atom. The molecule has 1 unspecified atom stereocenters. The molecule has 0 radical (unpaired) electrons. The number of nitrogens with one attached hydrogen (secondary N) is 1. The van der Waals surface area contributed by atoms with Crippen molar-refractivity contribution in [1.29, 1.82) is 0 Å². The number of rotatable bonds is 6. The molecule has 0 aliphatic carbocycles. The third-order valence-electron chi connectivity index (χ3n) is 3.13. The molecule has 0 aromatic heterocycles. The number of aryl methyl sites for hydroxylation is 1. The lowest BCUT2D eigenvalue weighted by molar-refractivity contribution is -0.127. The molecule has 100 valence electrons. The molecule has 3 heteroatoms. The van der Waals surface area contributed by atoms with Crippen molar-refractivity contribution < 1.29 is 9.90 Å². The van der Waals surface area contributed by atoms with Gasteiger partial charge < -0.3 is 10.4 Å². The summed E-state index contributed by atoms with van der Waals surface area (Å²) in [5.41, 5.74) is 2.45. The second kappa shape index (κ2) is 7.17. The highest BCUT2D eigenvalue weighted by atomic mass is 16.3. The van der Waals surface area contributed by atoms with Crippen molar-refractivity contribution in [2.24, 2.45) is 11.8 Å². The zero-order valence-corrected chi connectivity index (χ0v) is 11.4. The Hall–Kier alpha value is -1.35. The summed E-state index contributed by atoms with van der Waals surface area (Å²) >= 11 is 0. The first-order chi connectivity index (χ1) is 8.54. The van der Waals surface area contributed by atoms with E-state index < -0.39 is 0 Å². The van der Waals surface area contributed by atoms with Crippen molar-refractivity contribution in [3.8, 4) is 0 Å². The molecule has 3 nitrogen and oxygen atoms in total. The number of benzene rings is 1. The maximum absolute atomic E-state index is 11.8. The van der Waals surface area contributed by atoms with Gasteiger partial charge in [-0.2, -0.15) is 0 Å². The van der Waals surface area contributed by atoms with Crippen LogP contribution in [0.1, 0.15) is 25.0 Å². The van der Waals surface area contributed by atoms with Crippen LogP contribution in [0.2, 0.25) is 0 Å². The van der Waals surface area contributed by atoms with Crippen LogP contribution in [0, 0.1) is 18.8 Å². The summed E-state index contributed by atoms with van der Waals surface area (Å²) in [5, 5.41) is 12.0. The number of carbonyl (C=O) groups is 1. The fourth-order valence-corrected chi connectivity index (χ4v) is 1.93. The van der Waals surface area contributed by atoms with Crippen LogP contribution >= 0.6 is 0 Å². The molecule has 1 rings (SSSR count). The van der Waals surface area contributed by atoms with Gasteiger partial charge in [-0.05, 0) is 24.8 Å². The first-order valence-electron chi connectivity index (χ1n) is 6.48. The zero-order valence-electron chi connectivity index (χ0n) is 11.4. The Bertz CT molecular complexity index is 388. The minimum atomic E-state index is -0.303. The summed E-state index contributed by atoms with van der Waals surface area (Å²) in [7, 11) is 0. The van der Waals surface area contributed by atoms with Crippen LogP contribution in [-0.4, -0.2) is 24.2 Å². The van der Waals surface area contributed by atoms with E-state index in [9.17, 15) is 4.79 Å². The predicted octanol–water partition coefficient (Wildman–Crippen LogP) is 1.92. The predicted molar refractivity (Wildman–Crippen MR) is 73.3 cm³/mol. The molecule has 0 saturated heterocycles. The van der Waals surface area contributed by atoms with Crippen molar-refractivity contribution in [1.82, 2.24) is 5.32 Å². The van der Waals surface area contributed by atoms with E-state index in [1.807, 2.05) is 19.9 Å². The van der Waals surface area contributed by atoms with Gasteiger partial charge in [0.15, 0.2) is 0 Å². The lowest BCUT2D eigenvalue weighted by atomic mass is 9.96. The van der Waals surface area contributed by atoms with E-state index >= 15 is 0 Å². The fraction of sp³-hybridized carbons (Fsp3) is 0.533. The third-order valence-corrected chi connectivity index (χ3v) is 3.13.